The van der Waals surface area contributed by atoms with E-state index in [9.17, 15) is 5.26 Å². The summed E-state index contributed by atoms with van der Waals surface area (Å²) in [6.07, 6.45) is 0. The zero-order valence-corrected chi connectivity index (χ0v) is 8.69. The lowest BCUT2D eigenvalue weighted by molar-refractivity contribution is 0.207. The van der Waals surface area contributed by atoms with Gasteiger partial charge in [0.2, 0.25) is 0 Å². The van der Waals surface area contributed by atoms with Crippen LogP contribution in [0.1, 0.15) is 11.6 Å². The van der Waals surface area contributed by atoms with E-state index in [0.29, 0.717) is 0 Å². The molecule has 1 aromatic rings. The van der Waals surface area contributed by atoms with Gasteiger partial charge in [0, 0.05) is 26.2 Å². The molecule has 0 bridgehead atoms. The second kappa shape index (κ2) is 4.92. The standard InChI is InChI=1S/C12H15N3/c13-10-12(11-4-2-1-3-5-11)15-8-6-14-7-9-15/h1-5,12,14H,6-9H2. The van der Waals surface area contributed by atoms with E-state index < -0.39 is 0 Å². The van der Waals surface area contributed by atoms with Gasteiger partial charge in [-0.25, -0.2) is 0 Å². The molecular formula is C12H15N3. The highest BCUT2D eigenvalue weighted by atomic mass is 15.2. The van der Waals surface area contributed by atoms with E-state index in [2.05, 4.69) is 16.3 Å². The Balaban J connectivity index is 2.14. The monoisotopic (exact) mass is 201 g/mol. The van der Waals surface area contributed by atoms with Crippen molar-refractivity contribution < 1.29 is 0 Å². The Labute approximate surface area is 90.3 Å². The SMILES string of the molecule is N#CC(c1ccccc1)N1CCNCC1. The van der Waals surface area contributed by atoms with E-state index in [4.69, 9.17) is 0 Å². The first-order valence-corrected chi connectivity index (χ1v) is 5.31. The number of nitrogens with zero attached hydrogens (tertiary/aromatic N) is 2. The number of hydrogen-bond acceptors (Lipinski definition) is 3. The van der Waals surface area contributed by atoms with Crippen LogP contribution >= 0.6 is 0 Å². The van der Waals surface area contributed by atoms with E-state index in [1.165, 1.54) is 0 Å². The molecule has 78 valence electrons. The predicted octanol–water partition coefficient (Wildman–Crippen LogP) is 1.16. The second-order valence-corrected chi connectivity index (χ2v) is 3.73. The first-order chi connectivity index (χ1) is 7.42. The lowest BCUT2D eigenvalue weighted by atomic mass is 10.1. The molecule has 2 rings (SSSR count). The van der Waals surface area contributed by atoms with Crippen molar-refractivity contribution in [3.8, 4) is 6.07 Å². The average Bonchev–Trinajstić information content (AvgIpc) is 2.33. The van der Waals surface area contributed by atoms with E-state index in [1.807, 2.05) is 30.3 Å². The Morgan fingerprint density at radius 2 is 1.87 bits per heavy atom. The maximum atomic E-state index is 9.22. The number of benzene rings is 1. The van der Waals surface area contributed by atoms with Gasteiger partial charge in [-0.2, -0.15) is 5.26 Å². The fraction of sp³-hybridized carbons (Fsp3) is 0.417. The third kappa shape index (κ3) is 2.35. The van der Waals surface area contributed by atoms with Gasteiger partial charge in [0.1, 0.15) is 6.04 Å². The summed E-state index contributed by atoms with van der Waals surface area (Å²) < 4.78 is 0. The van der Waals surface area contributed by atoms with Gasteiger partial charge in [-0.05, 0) is 5.56 Å². The number of rotatable bonds is 2. The topological polar surface area (TPSA) is 39.1 Å². The Bertz CT molecular complexity index is 336. The van der Waals surface area contributed by atoms with E-state index in [0.717, 1.165) is 31.7 Å². The summed E-state index contributed by atoms with van der Waals surface area (Å²) in [5, 5.41) is 12.5. The Hall–Kier alpha value is -1.37. The average molecular weight is 201 g/mol. The highest BCUT2D eigenvalue weighted by Gasteiger charge is 2.20. The van der Waals surface area contributed by atoms with Gasteiger partial charge in [0.15, 0.2) is 0 Å². The van der Waals surface area contributed by atoms with Crippen LogP contribution in [0, 0.1) is 11.3 Å². The highest BCUT2D eigenvalue weighted by Crippen LogP contribution is 2.19. The highest BCUT2D eigenvalue weighted by molar-refractivity contribution is 5.24. The van der Waals surface area contributed by atoms with Gasteiger partial charge in [0.05, 0.1) is 6.07 Å². The van der Waals surface area contributed by atoms with Crippen molar-refractivity contribution in [2.24, 2.45) is 0 Å². The maximum Gasteiger partial charge on any atom is 0.123 e. The number of piperazine rings is 1. The van der Waals surface area contributed by atoms with Gasteiger partial charge in [0.25, 0.3) is 0 Å². The van der Waals surface area contributed by atoms with Crippen molar-refractivity contribution >= 4 is 0 Å². The van der Waals surface area contributed by atoms with Crippen LogP contribution in [0.5, 0.6) is 0 Å². The molecular weight excluding hydrogens is 186 g/mol. The Morgan fingerprint density at radius 1 is 1.20 bits per heavy atom. The second-order valence-electron chi connectivity index (χ2n) is 3.73. The summed E-state index contributed by atoms with van der Waals surface area (Å²) in [5.41, 5.74) is 1.10. The van der Waals surface area contributed by atoms with Gasteiger partial charge < -0.3 is 5.32 Å². The van der Waals surface area contributed by atoms with Crippen LogP contribution in [0.4, 0.5) is 0 Å². The van der Waals surface area contributed by atoms with Crippen LogP contribution in [0.2, 0.25) is 0 Å². The van der Waals surface area contributed by atoms with Crippen molar-refractivity contribution in [1.82, 2.24) is 10.2 Å². The molecule has 1 aliphatic rings. The molecule has 3 heteroatoms. The number of nitriles is 1. The van der Waals surface area contributed by atoms with Crippen molar-refractivity contribution in [2.75, 3.05) is 26.2 Å². The van der Waals surface area contributed by atoms with Crippen LogP contribution in [-0.4, -0.2) is 31.1 Å². The molecule has 1 N–H and O–H groups in total. The maximum absolute atomic E-state index is 9.22. The molecule has 0 amide bonds. The molecule has 15 heavy (non-hydrogen) atoms. The molecule has 3 nitrogen and oxygen atoms in total. The predicted molar refractivity (Wildman–Crippen MR) is 59.2 cm³/mol. The quantitative estimate of drug-likeness (QED) is 0.780. The molecule has 1 aliphatic heterocycles. The van der Waals surface area contributed by atoms with Crippen LogP contribution in [0.25, 0.3) is 0 Å². The van der Waals surface area contributed by atoms with Gasteiger partial charge in [-0.15, -0.1) is 0 Å². The Morgan fingerprint density at radius 3 is 2.47 bits per heavy atom. The minimum absolute atomic E-state index is 0.0895. The normalized spacial score (nSPS) is 19.4. The van der Waals surface area contributed by atoms with Crippen LogP contribution in [-0.2, 0) is 0 Å². The lowest BCUT2D eigenvalue weighted by Crippen LogP contribution is -2.44. The molecule has 0 spiro atoms. The molecule has 1 fully saturated rings. The lowest BCUT2D eigenvalue weighted by Gasteiger charge is -2.31. The van der Waals surface area contributed by atoms with E-state index in [-0.39, 0.29) is 6.04 Å². The summed E-state index contributed by atoms with van der Waals surface area (Å²) >= 11 is 0. The molecule has 1 saturated heterocycles. The molecule has 0 aliphatic carbocycles. The first-order valence-electron chi connectivity index (χ1n) is 5.31. The van der Waals surface area contributed by atoms with Crippen molar-refractivity contribution in [2.45, 2.75) is 6.04 Å². The summed E-state index contributed by atoms with van der Waals surface area (Å²) in [6, 6.07) is 12.3. The zero-order chi connectivity index (χ0) is 10.5. The molecule has 0 radical (unpaired) electrons. The van der Waals surface area contributed by atoms with Gasteiger partial charge in [-0.1, -0.05) is 30.3 Å². The van der Waals surface area contributed by atoms with Crippen LogP contribution < -0.4 is 5.32 Å². The van der Waals surface area contributed by atoms with Gasteiger partial charge in [-0.3, -0.25) is 4.90 Å². The summed E-state index contributed by atoms with van der Waals surface area (Å²) in [6.45, 7) is 3.86. The molecule has 1 unspecified atom stereocenters. The van der Waals surface area contributed by atoms with E-state index >= 15 is 0 Å². The van der Waals surface area contributed by atoms with Crippen LogP contribution in [0.15, 0.2) is 30.3 Å². The molecule has 0 saturated carbocycles. The molecule has 1 heterocycles. The Kier molecular flexibility index (Phi) is 3.33. The minimum atomic E-state index is -0.0895. The van der Waals surface area contributed by atoms with Crippen molar-refractivity contribution in [1.29, 1.82) is 5.26 Å². The fourth-order valence-electron chi connectivity index (χ4n) is 1.94. The summed E-state index contributed by atoms with van der Waals surface area (Å²) in [4.78, 5) is 2.23. The largest absolute Gasteiger partial charge is 0.314 e. The summed E-state index contributed by atoms with van der Waals surface area (Å²) in [7, 11) is 0. The van der Waals surface area contributed by atoms with Gasteiger partial charge >= 0.3 is 0 Å². The number of nitrogens with one attached hydrogen (secondary N) is 1. The summed E-state index contributed by atoms with van der Waals surface area (Å²) in [5.74, 6) is 0. The molecule has 0 aromatic heterocycles. The van der Waals surface area contributed by atoms with Crippen LogP contribution in [0.3, 0.4) is 0 Å². The van der Waals surface area contributed by atoms with Crippen molar-refractivity contribution in [3.05, 3.63) is 35.9 Å². The molecule has 1 atom stereocenters. The fourth-order valence-corrected chi connectivity index (χ4v) is 1.94. The first kappa shape index (κ1) is 10.2. The zero-order valence-electron chi connectivity index (χ0n) is 8.69. The van der Waals surface area contributed by atoms with Crippen molar-refractivity contribution in [3.63, 3.8) is 0 Å². The smallest absolute Gasteiger partial charge is 0.123 e. The molecule has 1 aromatic carbocycles. The minimum Gasteiger partial charge on any atom is -0.314 e. The van der Waals surface area contributed by atoms with E-state index in [1.54, 1.807) is 0 Å². The third-order valence-corrected chi connectivity index (χ3v) is 2.75. The number of hydrogen-bond donors (Lipinski definition) is 1. The third-order valence-electron chi connectivity index (χ3n) is 2.75.